The number of anilines is 3. The van der Waals surface area contributed by atoms with Crippen LogP contribution < -0.4 is 10.6 Å². The number of carbonyl (C=O) groups excluding carboxylic acids is 1. The van der Waals surface area contributed by atoms with E-state index in [-0.39, 0.29) is 11.6 Å². The molecule has 0 aliphatic heterocycles. The molecule has 2 aromatic heterocycles. The topological polar surface area (TPSA) is 92.9 Å². The normalized spacial score (nSPS) is 10.5. The summed E-state index contributed by atoms with van der Waals surface area (Å²) in [6.07, 6.45) is 2.88. The second kappa shape index (κ2) is 6.49. The number of benzene rings is 1. The number of aromatic nitrogens is 3. The molecule has 0 aliphatic carbocycles. The average Bonchev–Trinajstić information content (AvgIpc) is 2.92. The Morgan fingerprint density at radius 3 is 2.29 bits per heavy atom. The van der Waals surface area contributed by atoms with Crippen molar-refractivity contribution < 1.29 is 9.32 Å². The second-order valence-corrected chi connectivity index (χ2v) is 5.57. The summed E-state index contributed by atoms with van der Waals surface area (Å²) in [6.45, 7) is 5.76. The molecule has 3 aromatic rings. The molecule has 0 aliphatic rings. The number of amides is 1. The number of carbonyl (C=O) groups is 1. The van der Waals surface area contributed by atoms with Gasteiger partial charge in [0.15, 0.2) is 5.82 Å². The third kappa shape index (κ3) is 3.75. The standard InChI is InChI=1S/C17H17N5O2/c1-10-4-11(2)6-13(5-10)20-17(23)14-8-19-16(9-18-14)21-15-7-12(3)24-22-15/h4-9H,1-3H3,(H,20,23)(H,19,21,22). The molecule has 24 heavy (non-hydrogen) atoms. The van der Waals surface area contributed by atoms with Crippen molar-refractivity contribution in [1.82, 2.24) is 15.1 Å². The zero-order chi connectivity index (χ0) is 17.1. The van der Waals surface area contributed by atoms with Gasteiger partial charge in [0.2, 0.25) is 0 Å². The average molecular weight is 323 g/mol. The summed E-state index contributed by atoms with van der Waals surface area (Å²) in [4.78, 5) is 20.5. The maximum absolute atomic E-state index is 12.2. The van der Waals surface area contributed by atoms with E-state index < -0.39 is 0 Å². The van der Waals surface area contributed by atoms with Crippen molar-refractivity contribution in [2.75, 3.05) is 10.6 Å². The molecule has 122 valence electrons. The molecule has 7 nitrogen and oxygen atoms in total. The smallest absolute Gasteiger partial charge is 0.275 e. The second-order valence-electron chi connectivity index (χ2n) is 5.57. The first-order valence-corrected chi connectivity index (χ1v) is 7.41. The monoisotopic (exact) mass is 323 g/mol. The summed E-state index contributed by atoms with van der Waals surface area (Å²) in [7, 11) is 0. The minimum atomic E-state index is -0.309. The molecule has 0 bridgehead atoms. The molecule has 0 unspecified atom stereocenters. The van der Waals surface area contributed by atoms with Gasteiger partial charge in [0.05, 0.1) is 12.4 Å². The highest BCUT2D eigenvalue weighted by Crippen LogP contribution is 2.16. The Morgan fingerprint density at radius 2 is 1.71 bits per heavy atom. The summed E-state index contributed by atoms with van der Waals surface area (Å²) in [5.74, 6) is 1.40. The molecule has 0 saturated heterocycles. The Hall–Kier alpha value is -3.22. The minimum absolute atomic E-state index is 0.232. The van der Waals surface area contributed by atoms with Crippen LogP contribution in [0.1, 0.15) is 27.4 Å². The van der Waals surface area contributed by atoms with Crippen molar-refractivity contribution in [3.8, 4) is 0 Å². The number of nitrogens with zero attached hydrogens (tertiary/aromatic N) is 3. The summed E-state index contributed by atoms with van der Waals surface area (Å²) in [5.41, 5.74) is 3.13. The number of hydrogen-bond acceptors (Lipinski definition) is 6. The quantitative estimate of drug-likeness (QED) is 0.764. The highest BCUT2D eigenvalue weighted by molar-refractivity contribution is 6.02. The molecule has 2 heterocycles. The molecule has 0 radical (unpaired) electrons. The van der Waals surface area contributed by atoms with Gasteiger partial charge in [-0.3, -0.25) is 4.79 Å². The molecule has 1 aromatic carbocycles. The van der Waals surface area contributed by atoms with Crippen LogP contribution in [0.15, 0.2) is 41.2 Å². The van der Waals surface area contributed by atoms with Crippen LogP contribution in [-0.4, -0.2) is 21.0 Å². The van der Waals surface area contributed by atoms with Crippen LogP contribution in [0.3, 0.4) is 0 Å². The van der Waals surface area contributed by atoms with E-state index in [1.807, 2.05) is 32.0 Å². The molecule has 2 N–H and O–H groups in total. The van der Waals surface area contributed by atoms with Gasteiger partial charge in [-0.15, -0.1) is 0 Å². The number of hydrogen-bond donors (Lipinski definition) is 2. The van der Waals surface area contributed by atoms with E-state index in [1.54, 1.807) is 13.0 Å². The van der Waals surface area contributed by atoms with Crippen molar-refractivity contribution >= 4 is 23.2 Å². The maximum atomic E-state index is 12.2. The molecule has 0 saturated carbocycles. The van der Waals surface area contributed by atoms with Crippen molar-refractivity contribution in [3.63, 3.8) is 0 Å². The van der Waals surface area contributed by atoms with Crippen LogP contribution in [0, 0.1) is 20.8 Å². The molecule has 1 amide bonds. The van der Waals surface area contributed by atoms with E-state index in [9.17, 15) is 4.79 Å². The maximum Gasteiger partial charge on any atom is 0.275 e. The zero-order valence-electron chi connectivity index (χ0n) is 13.6. The lowest BCUT2D eigenvalue weighted by Gasteiger charge is -2.07. The van der Waals surface area contributed by atoms with E-state index >= 15 is 0 Å². The summed E-state index contributed by atoms with van der Waals surface area (Å²) < 4.78 is 4.96. The molecule has 3 rings (SSSR count). The summed E-state index contributed by atoms with van der Waals surface area (Å²) >= 11 is 0. The van der Waals surface area contributed by atoms with E-state index in [4.69, 9.17) is 4.52 Å². The Bertz CT molecular complexity index is 851. The lowest BCUT2D eigenvalue weighted by Crippen LogP contribution is -2.14. The summed E-state index contributed by atoms with van der Waals surface area (Å²) in [5, 5.41) is 9.58. The Balaban J connectivity index is 1.69. The predicted molar refractivity (Wildman–Crippen MR) is 90.4 cm³/mol. The van der Waals surface area contributed by atoms with Crippen LogP contribution in [0.25, 0.3) is 0 Å². The highest BCUT2D eigenvalue weighted by Gasteiger charge is 2.10. The van der Waals surface area contributed by atoms with Crippen LogP contribution in [-0.2, 0) is 0 Å². The van der Waals surface area contributed by atoms with E-state index in [2.05, 4.69) is 25.8 Å². The van der Waals surface area contributed by atoms with Gasteiger partial charge < -0.3 is 15.2 Å². The number of nitrogens with one attached hydrogen (secondary N) is 2. The third-order valence-corrected chi connectivity index (χ3v) is 3.25. The lowest BCUT2D eigenvalue weighted by molar-refractivity contribution is 0.102. The fraction of sp³-hybridized carbons (Fsp3) is 0.176. The van der Waals surface area contributed by atoms with Crippen molar-refractivity contribution in [1.29, 1.82) is 0 Å². The van der Waals surface area contributed by atoms with Gasteiger partial charge in [0, 0.05) is 11.8 Å². The Labute approximate surface area is 139 Å². The van der Waals surface area contributed by atoms with Crippen LogP contribution >= 0.6 is 0 Å². The predicted octanol–water partition coefficient (Wildman–Crippen LogP) is 3.39. The van der Waals surface area contributed by atoms with Crippen molar-refractivity contribution in [3.05, 3.63) is 59.2 Å². The first-order chi connectivity index (χ1) is 11.5. The molecular weight excluding hydrogens is 306 g/mol. The van der Waals surface area contributed by atoms with Gasteiger partial charge >= 0.3 is 0 Å². The lowest BCUT2D eigenvalue weighted by atomic mass is 10.1. The van der Waals surface area contributed by atoms with E-state index in [1.165, 1.54) is 12.4 Å². The van der Waals surface area contributed by atoms with Crippen molar-refractivity contribution in [2.24, 2.45) is 0 Å². The first-order valence-electron chi connectivity index (χ1n) is 7.41. The molecule has 0 fully saturated rings. The van der Waals surface area contributed by atoms with Crippen molar-refractivity contribution in [2.45, 2.75) is 20.8 Å². The number of aryl methyl sites for hydroxylation is 3. The molecule has 7 heteroatoms. The van der Waals surface area contributed by atoms with Gasteiger partial charge in [0.25, 0.3) is 5.91 Å². The Kier molecular flexibility index (Phi) is 4.24. The van der Waals surface area contributed by atoms with Crippen LogP contribution in [0.2, 0.25) is 0 Å². The Morgan fingerprint density at radius 1 is 0.958 bits per heavy atom. The molecular formula is C17H17N5O2. The third-order valence-electron chi connectivity index (χ3n) is 3.25. The van der Waals surface area contributed by atoms with Gasteiger partial charge in [-0.25, -0.2) is 9.97 Å². The fourth-order valence-corrected chi connectivity index (χ4v) is 2.31. The fourth-order valence-electron chi connectivity index (χ4n) is 2.31. The molecule has 0 atom stereocenters. The van der Waals surface area contributed by atoms with Gasteiger partial charge in [-0.2, -0.15) is 0 Å². The zero-order valence-corrected chi connectivity index (χ0v) is 13.6. The SMILES string of the molecule is Cc1cc(C)cc(NC(=O)c2cnc(Nc3cc(C)on3)cn2)c1. The van der Waals surface area contributed by atoms with Gasteiger partial charge in [0.1, 0.15) is 17.3 Å². The van der Waals surface area contributed by atoms with Crippen LogP contribution in [0.5, 0.6) is 0 Å². The van der Waals surface area contributed by atoms with E-state index in [0.29, 0.717) is 17.4 Å². The molecule has 0 spiro atoms. The first kappa shape index (κ1) is 15.7. The van der Waals surface area contributed by atoms with E-state index in [0.717, 1.165) is 16.8 Å². The minimum Gasteiger partial charge on any atom is -0.360 e. The highest BCUT2D eigenvalue weighted by atomic mass is 16.5. The largest absolute Gasteiger partial charge is 0.360 e. The number of rotatable bonds is 4. The van der Waals surface area contributed by atoms with Gasteiger partial charge in [-0.1, -0.05) is 11.2 Å². The summed E-state index contributed by atoms with van der Waals surface area (Å²) in [6, 6.07) is 7.59. The van der Waals surface area contributed by atoms with Crippen LogP contribution in [0.4, 0.5) is 17.3 Å². The van der Waals surface area contributed by atoms with Gasteiger partial charge in [-0.05, 0) is 44.0 Å².